The first-order valence-electron chi connectivity index (χ1n) is 4.54. The van der Waals surface area contributed by atoms with Crippen molar-refractivity contribution in [3.8, 4) is 0 Å². The summed E-state index contributed by atoms with van der Waals surface area (Å²) in [4.78, 5) is 8.51. The second-order valence-corrected chi connectivity index (χ2v) is 3.66. The van der Waals surface area contributed by atoms with Crippen molar-refractivity contribution >= 4 is 0 Å². The predicted molar refractivity (Wildman–Crippen MR) is 46.1 cm³/mol. The Morgan fingerprint density at radius 1 is 1.46 bits per heavy atom. The average molecular weight is 177 g/mol. The minimum Gasteiger partial charge on any atom is -0.364 e. The van der Waals surface area contributed by atoms with Gasteiger partial charge in [-0.05, 0) is 6.07 Å². The van der Waals surface area contributed by atoms with Gasteiger partial charge in [0.05, 0.1) is 6.61 Å². The molecule has 1 aromatic rings. The first kappa shape index (κ1) is 7.41. The molecule has 1 aromatic heterocycles. The molecule has 0 saturated carbocycles. The Morgan fingerprint density at radius 2 is 2.31 bits per heavy atom. The molecule has 2 fully saturated rings. The molecule has 4 heteroatoms. The van der Waals surface area contributed by atoms with Crippen LogP contribution in [-0.2, 0) is 10.3 Å². The molecule has 3 heterocycles. The summed E-state index contributed by atoms with van der Waals surface area (Å²) in [5.41, 5.74) is -0.230. The summed E-state index contributed by atoms with van der Waals surface area (Å²) in [5.74, 6) is 0.822. The maximum absolute atomic E-state index is 5.74. The monoisotopic (exact) mass is 177 g/mol. The largest absolute Gasteiger partial charge is 0.364 e. The van der Waals surface area contributed by atoms with E-state index in [1.807, 2.05) is 6.07 Å². The molecule has 0 aromatic carbocycles. The summed E-state index contributed by atoms with van der Waals surface area (Å²) in [7, 11) is 0. The lowest BCUT2D eigenvalue weighted by Crippen LogP contribution is -2.38. The molecule has 0 radical (unpaired) electrons. The topological polar surface area (TPSA) is 47.0 Å². The standard InChI is InChI=1S/C9H11N3O/c1-2-10-8(11-3-1)9-4-7(5-13-9)12-6-9/h1-3,7,12H,4-6H2. The maximum Gasteiger partial charge on any atom is 0.161 e. The van der Waals surface area contributed by atoms with E-state index in [0.29, 0.717) is 6.04 Å². The van der Waals surface area contributed by atoms with Crippen molar-refractivity contribution in [3.05, 3.63) is 24.3 Å². The fourth-order valence-electron chi connectivity index (χ4n) is 2.11. The third-order valence-corrected chi connectivity index (χ3v) is 2.79. The van der Waals surface area contributed by atoms with Gasteiger partial charge in [-0.25, -0.2) is 9.97 Å². The van der Waals surface area contributed by atoms with Crippen LogP contribution < -0.4 is 5.32 Å². The third kappa shape index (κ3) is 0.990. The highest BCUT2D eigenvalue weighted by Gasteiger charge is 2.49. The first-order chi connectivity index (χ1) is 6.39. The number of hydrogen-bond donors (Lipinski definition) is 1. The van der Waals surface area contributed by atoms with E-state index >= 15 is 0 Å². The Bertz CT molecular complexity index is 306. The summed E-state index contributed by atoms with van der Waals surface area (Å²) in [6, 6.07) is 2.33. The Kier molecular flexibility index (Phi) is 1.42. The molecule has 2 saturated heterocycles. The molecule has 2 bridgehead atoms. The molecule has 3 rings (SSSR count). The van der Waals surface area contributed by atoms with Crippen LogP contribution in [0.2, 0.25) is 0 Å². The molecule has 0 spiro atoms. The maximum atomic E-state index is 5.74. The van der Waals surface area contributed by atoms with Crippen LogP contribution in [0.5, 0.6) is 0 Å². The van der Waals surface area contributed by atoms with Gasteiger partial charge in [-0.15, -0.1) is 0 Å². The van der Waals surface area contributed by atoms with Gasteiger partial charge in [-0.1, -0.05) is 0 Å². The van der Waals surface area contributed by atoms with E-state index in [1.165, 1.54) is 0 Å². The molecule has 2 unspecified atom stereocenters. The fourth-order valence-corrected chi connectivity index (χ4v) is 2.11. The molecule has 2 aliphatic rings. The van der Waals surface area contributed by atoms with Gasteiger partial charge in [0.2, 0.25) is 0 Å². The molecule has 1 N–H and O–H groups in total. The van der Waals surface area contributed by atoms with Crippen molar-refractivity contribution in [2.45, 2.75) is 18.1 Å². The number of nitrogens with one attached hydrogen (secondary N) is 1. The van der Waals surface area contributed by atoms with Crippen LogP contribution >= 0.6 is 0 Å². The van der Waals surface area contributed by atoms with Crippen LogP contribution in [0.1, 0.15) is 12.2 Å². The fraction of sp³-hybridized carbons (Fsp3) is 0.556. The Balaban J connectivity index is 2.00. The van der Waals surface area contributed by atoms with Gasteiger partial charge in [0.25, 0.3) is 0 Å². The van der Waals surface area contributed by atoms with Crippen LogP contribution in [0.25, 0.3) is 0 Å². The molecule has 4 nitrogen and oxygen atoms in total. The number of aromatic nitrogens is 2. The zero-order valence-electron chi connectivity index (χ0n) is 7.23. The van der Waals surface area contributed by atoms with Crippen LogP contribution in [0.15, 0.2) is 18.5 Å². The van der Waals surface area contributed by atoms with Crippen molar-refractivity contribution in [2.24, 2.45) is 0 Å². The second kappa shape index (κ2) is 2.49. The molecular formula is C9H11N3O. The minimum absolute atomic E-state index is 0.230. The van der Waals surface area contributed by atoms with E-state index in [2.05, 4.69) is 15.3 Å². The predicted octanol–water partition coefficient (Wildman–Crippen LogP) is 0.0640. The zero-order valence-corrected chi connectivity index (χ0v) is 7.23. The smallest absolute Gasteiger partial charge is 0.161 e. The lowest BCUT2D eigenvalue weighted by molar-refractivity contribution is -0.0162. The van der Waals surface area contributed by atoms with Crippen molar-refractivity contribution in [2.75, 3.05) is 13.2 Å². The number of rotatable bonds is 1. The van der Waals surface area contributed by atoms with Gasteiger partial charge in [-0.2, -0.15) is 0 Å². The Hall–Kier alpha value is -1.00. The lowest BCUT2D eigenvalue weighted by atomic mass is 10.0. The van der Waals surface area contributed by atoms with E-state index in [-0.39, 0.29) is 5.60 Å². The lowest BCUT2D eigenvalue weighted by Gasteiger charge is -2.24. The van der Waals surface area contributed by atoms with Crippen LogP contribution in [0.3, 0.4) is 0 Å². The van der Waals surface area contributed by atoms with Crippen LogP contribution in [-0.4, -0.2) is 29.2 Å². The third-order valence-electron chi connectivity index (χ3n) is 2.79. The van der Waals surface area contributed by atoms with Crippen molar-refractivity contribution in [3.63, 3.8) is 0 Å². The van der Waals surface area contributed by atoms with Gasteiger partial charge in [0, 0.05) is 31.4 Å². The van der Waals surface area contributed by atoms with Crippen molar-refractivity contribution in [1.82, 2.24) is 15.3 Å². The summed E-state index contributed by atoms with van der Waals surface area (Å²) in [6.45, 7) is 1.64. The van der Waals surface area contributed by atoms with Gasteiger partial charge < -0.3 is 10.1 Å². The molecule has 2 atom stereocenters. The second-order valence-electron chi connectivity index (χ2n) is 3.66. The highest BCUT2D eigenvalue weighted by molar-refractivity contribution is 5.12. The first-order valence-corrected chi connectivity index (χ1v) is 4.54. The Morgan fingerprint density at radius 3 is 2.85 bits per heavy atom. The molecule has 13 heavy (non-hydrogen) atoms. The van der Waals surface area contributed by atoms with E-state index in [0.717, 1.165) is 25.4 Å². The zero-order chi connectivity index (χ0) is 8.73. The van der Waals surface area contributed by atoms with E-state index < -0.39 is 0 Å². The van der Waals surface area contributed by atoms with E-state index in [4.69, 9.17) is 4.74 Å². The van der Waals surface area contributed by atoms with Gasteiger partial charge in [0.15, 0.2) is 5.82 Å². The summed E-state index contributed by atoms with van der Waals surface area (Å²) in [5, 5.41) is 3.39. The average Bonchev–Trinajstić information content (AvgIpc) is 2.80. The summed E-state index contributed by atoms with van der Waals surface area (Å²) >= 11 is 0. The minimum atomic E-state index is -0.230. The van der Waals surface area contributed by atoms with Crippen molar-refractivity contribution in [1.29, 1.82) is 0 Å². The molecule has 0 amide bonds. The molecule has 68 valence electrons. The molecule has 2 aliphatic heterocycles. The normalized spacial score (nSPS) is 36.8. The molecular weight excluding hydrogens is 166 g/mol. The number of nitrogens with zero attached hydrogens (tertiary/aromatic N) is 2. The number of hydrogen-bond acceptors (Lipinski definition) is 4. The summed E-state index contributed by atoms with van der Waals surface area (Å²) < 4.78 is 5.74. The molecule has 0 aliphatic carbocycles. The van der Waals surface area contributed by atoms with Crippen LogP contribution in [0, 0.1) is 0 Å². The van der Waals surface area contributed by atoms with Gasteiger partial charge >= 0.3 is 0 Å². The van der Waals surface area contributed by atoms with E-state index in [1.54, 1.807) is 12.4 Å². The number of ether oxygens (including phenoxy) is 1. The van der Waals surface area contributed by atoms with E-state index in [9.17, 15) is 0 Å². The van der Waals surface area contributed by atoms with Gasteiger partial charge in [-0.3, -0.25) is 0 Å². The van der Waals surface area contributed by atoms with Crippen LogP contribution in [0.4, 0.5) is 0 Å². The summed E-state index contributed by atoms with van der Waals surface area (Å²) in [6.07, 6.45) is 4.55. The highest BCUT2D eigenvalue weighted by atomic mass is 16.5. The van der Waals surface area contributed by atoms with Crippen molar-refractivity contribution < 1.29 is 4.74 Å². The highest BCUT2D eigenvalue weighted by Crippen LogP contribution is 2.37. The van der Waals surface area contributed by atoms with Gasteiger partial charge in [0.1, 0.15) is 5.60 Å². The number of fused-ring (bicyclic) bond motifs is 2. The SMILES string of the molecule is c1cnc(C23CNC(CO2)C3)nc1. The number of morpholine rings is 1. The Labute approximate surface area is 76.3 Å². The quantitative estimate of drug-likeness (QED) is 0.659.